The van der Waals surface area contributed by atoms with Crippen molar-refractivity contribution >= 4 is 40.5 Å². The second-order valence-corrected chi connectivity index (χ2v) is 12.3. The lowest BCUT2D eigenvalue weighted by molar-refractivity contribution is -0.118. The van der Waals surface area contributed by atoms with Crippen LogP contribution in [0.2, 0.25) is 0 Å². The molecule has 1 aromatic heterocycles. The molecular weight excluding hydrogens is 467 g/mol. The Balaban J connectivity index is 1.85. The Hall–Kier alpha value is -2.38. The number of dihydropyridines is 1. The lowest BCUT2D eigenvalue weighted by Crippen LogP contribution is -2.39. The molecule has 2 heterocycles. The number of amides is 1. The number of rotatable bonds is 6. The highest BCUT2D eigenvalue weighted by atomic mass is 32.2. The van der Waals surface area contributed by atoms with Crippen LogP contribution in [0.5, 0.6) is 0 Å². The van der Waals surface area contributed by atoms with Crippen molar-refractivity contribution < 1.29 is 14.0 Å². The third kappa shape index (κ3) is 4.86. The largest absolute Gasteiger partial charge is 0.362 e. The van der Waals surface area contributed by atoms with Gasteiger partial charge in [-0.05, 0) is 66.8 Å². The molecule has 4 rings (SSSR count). The summed E-state index contributed by atoms with van der Waals surface area (Å²) in [5.41, 5.74) is 4.38. The smallest absolute Gasteiger partial charge is 0.254 e. The van der Waals surface area contributed by atoms with Crippen LogP contribution in [0.1, 0.15) is 63.8 Å². The van der Waals surface area contributed by atoms with Gasteiger partial charge in [0, 0.05) is 45.4 Å². The molecule has 1 unspecified atom stereocenters. The fourth-order valence-electron chi connectivity index (χ4n) is 4.84. The summed E-state index contributed by atoms with van der Waals surface area (Å²) in [5.74, 6) is -0.0512. The molecule has 0 saturated carbocycles. The van der Waals surface area contributed by atoms with E-state index in [1.165, 1.54) is 17.0 Å². The van der Waals surface area contributed by atoms with Gasteiger partial charge in [-0.1, -0.05) is 27.7 Å². The molecule has 1 aliphatic carbocycles. The Morgan fingerprint density at radius 3 is 2.59 bits per heavy atom. The van der Waals surface area contributed by atoms with Gasteiger partial charge in [-0.2, -0.15) is 0 Å². The van der Waals surface area contributed by atoms with Crippen LogP contribution in [0.4, 0.5) is 10.1 Å². The minimum Gasteiger partial charge on any atom is -0.362 e. The predicted molar refractivity (Wildman–Crippen MR) is 139 cm³/mol. The maximum atomic E-state index is 13.7. The molecule has 1 aliphatic heterocycles. The van der Waals surface area contributed by atoms with Crippen molar-refractivity contribution in [2.24, 2.45) is 5.41 Å². The predicted octanol–water partition coefficient (Wildman–Crippen LogP) is 6.80. The van der Waals surface area contributed by atoms with E-state index in [2.05, 4.69) is 44.4 Å². The molecule has 0 fully saturated rings. The number of halogens is 1. The van der Waals surface area contributed by atoms with Crippen molar-refractivity contribution in [3.05, 3.63) is 69.1 Å². The summed E-state index contributed by atoms with van der Waals surface area (Å²) in [7, 11) is 0. The number of allylic oxidation sites excluding steroid dienone is 3. The first kappa shape index (κ1) is 24.7. The Labute approximate surface area is 209 Å². The van der Waals surface area contributed by atoms with Crippen molar-refractivity contribution in [2.75, 3.05) is 11.1 Å². The summed E-state index contributed by atoms with van der Waals surface area (Å²) in [5, 5.41) is 6.34. The maximum Gasteiger partial charge on any atom is 0.254 e. The average Bonchev–Trinajstić information content (AvgIpc) is 3.16. The first-order chi connectivity index (χ1) is 16.1. The topological polar surface area (TPSA) is 58.2 Å². The van der Waals surface area contributed by atoms with E-state index in [0.29, 0.717) is 23.3 Å². The van der Waals surface area contributed by atoms with Crippen LogP contribution in [0.15, 0.2) is 57.1 Å². The second kappa shape index (κ2) is 9.70. The van der Waals surface area contributed by atoms with Crippen LogP contribution >= 0.6 is 23.1 Å². The molecule has 4 nitrogen and oxygen atoms in total. The number of hydrogen-bond acceptors (Lipinski definition) is 5. The number of anilines is 1. The van der Waals surface area contributed by atoms with E-state index < -0.39 is 5.92 Å². The van der Waals surface area contributed by atoms with E-state index in [1.54, 1.807) is 35.2 Å². The van der Waals surface area contributed by atoms with Crippen LogP contribution in [0, 0.1) is 11.2 Å². The third-order valence-electron chi connectivity index (χ3n) is 6.30. The van der Waals surface area contributed by atoms with Gasteiger partial charge in [0.25, 0.3) is 5.91 Å². The van der Waals surface area contributed by atoms with Gasteiger partial charge in [0.05, 0.1) is 4.21 Å². The lowest BCUT2D eigenvalue weighted by atomic mass is 9.69. The minimum absolute atomic E-state index is 0.0972. The first-order valence-corrected chi connectivity index (χ1v) is 13.5. The minimum atomic E-state index is -0.425. The van der Waals surface area contributed by atoms with Gasteiger partial charge in [0.15, 0.2) is 5.78 Å². The zero-order valence-corrected chi connectivity index (χ0v) is 21.9. The zero-order valence-electron chi connectivity index (χ0n) is 20.3. The second-order valence-electron chi connectivity index (χ2n) is 9.63. The Kier molecular flexibility index (Phi) is 7.06. The summed E-state index contributed by atoms with van der Waals surface area (Å²) < 4.78 is 14.6. The van der Waals surface area contributed by atoms with E-state index in [4.69, 9.17) is 0 Å². The highest BCUT2D eigenvalue weighted by Crippen LogP contribution is 2.50. The Morgan fingerprint density at radius 2 is 1.94 bits per heavy atom. The average molecular weight is 499 g/mol. The van der Waals surface area contributed by atoms with Crippen molar-refractivity contribution in [3.8, 4) is 0 Å². The van der Waals surface area contributed by atoms with Gasteiger partial charge < -0.3 is 10.6 Å². The standard InChI is InChI=1S/C27H31FN2O2S2/c1-6-18-12-19(26(34-18)33-7-2)23-22(25(32)30-17-10-8-16(28)9-11-17)15(3)29-20-13-27(4,5)14-21(31)24(20)23/h8-12,23,29H,6-7,13-14H2,1-5H3,(H,30,32). The molecule has 0 radical (unpaired) electrons. The summed E-state index contributed by atoms with van der Waals surface area (Å²) in [6, 6.07) is 7.91. The van der Waals surface area contributed by atoms with Gasteiger partial charge >= 0.3 is 0 Å². The maximum absolute atomic E-state index is 13.7. The number of carbonyl (C=O) groups is 2. The van der Waals surface area contributed by atoms with Crippen molar-refractivity contribution in [3.63, 3.8) is 0 Å². The molecule has 0 bridgehead atoms. The van der Waals surface area contributed by atoms with E-state index in [-0.39, 0.29) is 22.9 Å². The molecule has 1 amide bonds. The number of ketones is 1. The Morgan fingerprint density at radius 1 is 1.24 bits per heavy atom. The number of Topliss-reactive ketones (excluding diaryl/α,β-unsaturated/α-hetero) is 1. The fraction of sp³-hybridized carbons (Fsp3) is 0.407. The van der Waals surface area contributed by atoms with Crippen molar-refractivity contribution in [1.29, 1.82) is 0 Å². The number of thioether (sulfide) groups is 1. The van der Waals surface area contributed by atoms with E-state index >= 15 is 0 Å². The monoisotopic (exact) mass is 498 g/mol. The fourth-order valence-corrected chi connectivity index (χ4v) is 7.22. The number of aryl methyl sites for hydroxylation is 1. The van der Waals surface area contributed by atoms with Crippen LogP contribution in [0.3, 0.4) is 0 Å². The van der Waals surface area contributed by atoms with Crippen LogP contribution in [0.25, 0.3) is 0 Å². The molecule has 0 spiro atoms. The Bertz CT molecular complexity index is 1190. The first-order valence-electron chi connectivity index (χ1n) is 11.7. The number of thiophene rings is 1. The number of hydrogen-bond donors (Lipinski definition) is 2. The summed E-state index contributed by atoms with van der Waals surface area (Å²) in [6.07, 6.45) is 2.12. The van der Waals surface area contributed by atoms with Crippen LogP contribution in [-0.2, 0) is 16.0 Å². The molecule has 7 heteroatoms. The van der Waals surface area contributed by atoms with Gasteiger partial charge in [0.2, 0.25) is 0 Å². The molecule has 2 aromatic rings. The zero-order chi connectivity index (χ0) is 24.6. The van der Waals surface area contributed by atoms with Crippen LogP contribution < -0.4 is 10.6 Å². The molecule has 0 saturated heterocycles. The normalized spacial score (nSPS) is 19.7. The quantitative estimate of drug-likeness (QED) is 0.430. The van der Waals surface area contributed by atoms with Crippen molar-refractivity contribution in [1.82, 2.24) is 5.32 Å². The van der Waals surface area contributed by atoms with Crippen molar-refractivity contribution in [2.45, 2.75) is 64.0 Å². The summed E-state index contributed by atoms with van der Waals surface area (Å²) in [4.78, 5) is 28.4. The van der Waals surface area contributed by atoms with Gasteiger partial charge in [-0.15, -0.1) is 23.1 Å². The number of nitrogens with one attached hydrogen (secondary N) is 2. The molecule has 2 aliphatic rings. The van der Waals surface area contributed by atoms with Gasteiger partial charge in [-0.25, -0.2) is 4.39 Å². The van der Waals surface area contributed by atoms with E-state index in [0.717, 1.165) is 39.8 Å². The molecule has 2 N–H and O–H groups in total. The summed E-state index contributed by atoms with van der Waals surface area (Å²) >= 11 is 3.51. The van der Waals surface area contributed by atoms with Gasteiger partial charge in [-0.3, -0.25) is 9.59 Å². The SMILES string of the molecule is CCSc1sc(CC)cc1C1C(C(=O)Nc2ccc(F)cc2)=C(C)NC2=C1C(=O)CC(C)(C)C2. The number of carbonyl (C=O) groups excluding carboxylic acids is 2. The van der Waals surface area contributed by atoms with Crippen LogP contribution in [-0.4, -0.2) is 17.4 Å². The summed E-state index contributed by atoms with van der Waals surface area (Å²) in [6.45, 7) is 10.4. The molecule has 1 atom stereocenters. The highest BCUT2D eigenvalue weighted by Gasteiger charge is 2.43. The highest BCUT2D eigenvalue weighted by molar-refractivity contribution is 8.01. The molecule has 1 aromatic carbocycles. The molecule has 34 heavy (non-hydrogen) atoms. The van der Waals surface area contributed by atoms with E-state index in [9.17, 15) is 14.0 Å². The van der Waals surface area contributed by atoms with E-state index in [1.807, 2.05) is 6.92 Å². The lowest BCUT2D eigenvalue weighted by Gasteiger charge is -2.39. The third-order valence-corrected chi connectivity index (χ3v) is 8.78. The van der Waals surface area contributed by atoms with Gasteiger partial charge in [0.1, 0.15) is 5.82 Å². The molecule has 180 valence electrons. The molecular formula is C27H31FN2O2S2. The number of benzene rings is 1.